The average molecular weight is 306 g/mol. The number of benzene rings is 1. The minimum Gasteiger partial charge on any atom is -0.462 e. The minimum absolute atomic E-state index is 0.132. The molecule has 0 radical (unpaired) electrons. The Balaban J connectivity index is 2.12. The number of amides is 1. The molecule has 6 heteroatoms. The molecule has 1 N–H and O–H groups in total. The number of hydrogen-bond donors (Lipinski definition) is 1. The third-order valence-electron chi connectivity index (χ3n) is 3.51. The van der Waals surface area contributed by atoms with Gasteiger partial charge in [0.1, 0.15) is 12.6 Å². The van der Waals surface area contributed by atoms with E-state index in [-0.39, 0.29) is 19.1 Å². The normalized spacial score (nSPS) is 15.0. The second-order valence-corrected chi connectivity index (χ2v) is 4.92. The zero-order valence-electron chi connectivity index (χ0n) is 13.0. The largest absolute Gasteiger partial charge is 0.462 e. The third kappa shape index (κ3) is 3.57. The van der Waals surface area contributed by atoms with Crippen molar-refractivity contribution in [1.29, 1.82) is 0 Å². The van der Waals surface area contributed by atoms with E-state index in [1.807, 2.05) is 38.1 Å². The Morgan fingerprint density at radius 1 is 1.32 bits per heavy atom. The molecule has 0 bridgehead atoms. The predicted molar refractivity (Wildman–Crippen MR) is 83.9 cm³/mol. The van der Waals surface area contributed by atoms with Gasteiger partial charge in [-0.05, 0) is 25.5 Å². The summed E-state index contributed by atoms with van der Waals surface area (Å²) >= 11 is 0. The Kier molecular flexibility index (Phi) is 5.77. The van der Waals surface area contributed by atoms with Gasteiger partial charge in [-0.1, -0.05) is 19.1 Å². The molecular weight excluding hydrogens is 284 g/mol. The average Bonchev–Trinajstić information content (AvgIpc) is 2.54. The van der Waals surface area contributed by atoms with Crippen LogP contribution >= 0.6 is 0 Å². The number of nitrogens with one attached hydrogen (secondary N) is 1. The molecule has 0 spiro atoms. The van der Waals surface area contributed by atoms with E-state index < -0.39 is 12.0 Å². The molecule has 6 nitrogen and oxygen atoms in total. The highest BCUT2D eigenvalue weighted by Crippen LogP contribution is 2.31. The number of esters is 1. The van der Waals surface area contributed by atoms with Gasteiger partial charge < -0.3 is 14.8 Å². The molecule has 0 fully saturated rings. The third-order valence-corrected chi connectivity index (χ3v) is 3.51. The Hall–Kier alpha value is -2.08. The SMILES string of the molecule is CCOCCOC(=O)C(CC)N1C(=O)CNc2ccccc21. The molecular formula is C16H22N2O4. The van der Waals surface area contributed by atoms with Crippen LogP contribution < -0.4 is 10.2 Å². The fourth-order valence-electron chi connectivity index (χ4n) is 2.46. The lowest BCUT2D eigenvalue weighted by atomic mass is 10.1. The van der Waals surface area contributed by atoms with E-state index in [2.05, 4.69) is 5.32 Å². The lowest BCUT2D eigenvalue weighted by Crippen LogP contribution is -2.50. The zero-order chi connectivity index (χ0) is 15.9. The summed E-state index contributed by atoms with van der Waals surface area (Å²) in [5, 5.41) is 3.06. The van der Waals surface area contributed by atoms with Gasteiger partial charge in [-0.2, -0.15) is 0 Å². The highest BCUT2D eigenvalue weighted by Gasteiger charge is 2.34. The second-order valence-electron chi connectivity index (χ2n) is 4.92. The van der Waals surface area contributed by atoms with Crippen molar-refractivity contribution in [2.45, 2.75) is 26.3 Å². The van der Waals surface area contributed by atoms with Crippen LogP contribution in [0.3, 0.4) is 0 Å². The first-order valence-electron chi connectivity index (χ1n) is 7.58. The van der Waals surface area contributed by atoms with Crippen LogP contribution in [0.5, 0.6) is 0 Å². The van der Waals surface area contributed by atoms with E-state index in [0.29, 0.717) is 25.3 Å². The smallest absolute Gasteiger partial charge is 0.329 e. The molecule has 1 aliphatic rings. The molecule has 22 heavy (non-hydrogen) atoms. The fourth-order valence-corrected chi connectivity index (χ4v) is 2.46. The first-order chi connectivity index (χ1) is 10.7. The van der Waals surface area contributed by atoms with E-state index in [4.69, 9.17) is 9.47 Å². The van der Waals surface area contributed by atoms with Crippen molar-refractivity contribution < 1.29 is 19.1 Å². The summed E-state index contributed by atoms with van der Waals surface area (Å²) in [6, 6.07) is 6.84. The van der Waals surface area contributed by atoms with Crippen LogP contribution in [0.2, 0.25) is 0 Å². The second kappa shape index (κ2) is 7.79. The van der Waals surface area contributed by atoms with Gasteiger partial charge in [0, 0.05) is 6.61 Å². The molecule has 1 aromatic rings. The van der Waals surface area contributed by atoms with Crippen molar-refractivity contribution in [1.82, 2.24) is 0 Å². The van der Waals surface area contributed by atoms with Crippen molar-refractivity contribution in [2.75, 3.05) is 36.6 Å². The van der Waals surface area contributed by atoms with Gasteiger partial charge in [0.25, 0.3) is 0 Å². The molecule has 0 aromatic heterocycles. The van der Waals surface area contributed by atoms with Gasteiger partial charge in [0.05, 0.1) is 24.5 Å². The molecule has 2 rings (SSSR count). The van der Waals surface area contributed by atoms with E-state index in [9.17, 15) is 9.59 Å². The van der Waals surface area contributed by atoms with Gasteiger partial charge in [-0.15, -0.1) is 0 Å². The van der Waals surface area contributed by atoms with Crippen molar-refractivity contribution in [3.8, 4) is 0 Å². The molecule has 0 saturated carbocycles. The van der Waals surface area contributed by atoms with Crippen LogP contribution in [-0.4, -0.2) is 44.3 Å². The van der Waals surface area contributed by atoms with Crippen LogP contribution in [0.25, 0.3) is 0 Å². The molecule has 1 aliphatic heterocycles. The van der Waals surface area contributed by atoms with Crippen LogP contribution in [-0.2, 0) is 19.1 Å². The highest BCUT2D eigenvalue weighted by molar-refractivity contribution is 6.06. The monoisotopic (exact) mass is 306 g/mol. The molecule has 1 aromatic carbocycles. The maximum absolute atomic E-state index is 12.3. The summed E-state index contributed by atoms with van der Waals surface area (Å²) in [6.45, 7) is 5.08. The Bertz CT molecular complexity index is 533. The van der Waals surface area contributed by atoms with Gasteiger partial charge in [-0.25, -0.2) is 4.79 Å². The van der Waals surface area contributed by atoms with E-state index >= 15 is 0 Å². The summed E-state index contributed by atoms with van der Waals surface area (Å²) in [4.78, 5) is 26.1. The summed E-state index contributed by atoms with van der Waals surface area (Å²) in [6.07, 6.45) is 0.494. The van der Waals surface area contributed by atoms with Gasteiger partial charge >= 0.3 is 5.97 Å². The highest BCUT2D eigenvalue weighted by atomic mass is 16.6. The van der Waals surface area contributed by atoms with E-state index in [0.717, 1.165) is 5.69 Å². The Morgan fingerprint density at radius 2 is 2.09 bits per heavy atom. The molecule has 1 unspecified atom stereocenters. The summed E-state index contributed by atoms with van der Waals surface area (Å²) in [5.74, 6) is -0.528. The van der Waals surface area contributed by atoms with Gasteiger partial charge in [0.15, 0.2) is 0 Å². The predicted octanol–water partition coefficient (Wildman–Crippen LogP) is 1.80. The summed E-state index contributed by atoms with van der Waals surface area (Å²) in [7, 11) is 0. The van der Waals surface area contributed by atoms with Crippen LogP contribution in [0.4, 0.5) is 11.4 Å². The number of rotatable bonds is 7. The summed E-state index contributed by atoms with van der Waals surface area (Å²) in [5.41, 5.74) is 1.56. The number of anilines is 2. The number of para-hydroxylation sites is 2. The van der Waals surface area contributed by atoms with Gasteiger partial charge in [0.2, 0.25) is 5.91 Å². The topological polar surface area (TPSA) is 67.9 Å². The van der Waals surface area contributed by atoms with Crippen LogP contribution in [0.1, 0.15) is 20.3 Å². The first-order valence-corrected chi connectivity index (χ1v) is 7.58. The Labute approximate surface area is 130 Å². The van der Waals surface area contributed by atoms with Crippen LogP contribution in [0.15, 0.2) is 24.3 Å². The molecule has 1 heterocycles. The molecule has 120 valence electrons. The molecule has 1 amide bonds. The van der Waals surface area contributed by atoms with Gasteiger partial charge in [-0.3, -0.25) is 9.69 Å². The minimum atomic E-state index is -0.614. The summed E-state index contributed by atoms with van der Waals surface area (Å²) < 4.78 is 10.4. The quantitative estimate of drug-likeness (QED) is 0.614. The molecule has 1 atom stereocenters. The number of carbonyl (C=O) groups excluding carboxylic acids is 2. The molecule has 0 saturated heterocycles. The van der Waals surface area contributed by atoms with Crippen molar-refractivity contribution in [3.63, 3.8) is 0 Å². The number of hydrogen-bond acceptors (Lipinski definition) is 5. The van der Waals surface area contributed by atoms with E-state index in [1.54, 1.807) is 0 Å². The fraction of sp³-hybridized carbons (Fsp3) is 0.500. The number of carbonyl (C=O) groups is 2. The standard InChI is InChI=1S/C16H22N2O4/c1-3-13(16(20)22-10-9-21-4-2)18-14-8-6-5-7-12(14)17-11-15(18)19/h5-8,13,17H,3-4,9-11H2,1-2H3. The lowest BCUT2D eigenvalue weighted by Gasteiger charge is -2.34. The van der Waals surface area contributed by atoms with Crippen molar-refractivity contribution in [2.24, 2.45) is 0 Å². The maximum atomic E-state index is 12.3. The van der Waals surface area contributed by atoms with Crippen molar-refractivity contribution >= 4 is 23.3 Å². The maximum Gasteiger partial charge on any atom is 0.329 e. The molecule has 0 aliphatic carbocycles. The number of nitrogens with zero attached hydrogens (tertiary/aromatic N) is 1. The number of ether oxygens (including phenoxy) is 2. The zero-order valence-corrected chi connectivity index (χ0v) is 13.0. The Morgan fingerprint density at radius 3 is 2.82 bits per heavy atom. The number of fused-ring (bicyclic) bond motifs is 1. The van der Waals surface area contributed by atoms with E-state index in [1.165, 1.54) is 4.90 Å². The van der Waals surface area contributed by atoms with Crippen molar-refractivity contribution in [3.05, 3.63) is 24.3 Å². The first kappa shape index (κ1) is 16.3. The lowest BCUT2D eigenvalue weighted by molar-refractivity contribution is -0.147. The van der Waals surface area contributed by atoms with Crippen LogP contribution in [0, 0.1) is 0 Å².